The minimum Gasteiger partial charge on any atom is -0.115 e. The minimum atomic E-state index is -1.54. The van der Waals surface area contributed by atoms with Crippen LogP contribution in [-0.2, 0) is 0 Å². The molecule has 0 N–H and O–H groups in total. The van der Waals surface area contributed by atoms with E-state index in [1.54, 1.807) is 0 Å². The van der Waals surface area contributed by atoms with Gasteiger partial charge in [0, 0.05) is 11.1 Å². The molecule has 0 nitrogen and oxygen atoms in total. The molecule has 1 aromatic carbocycles. The Hall–Kier alpha value is -1.23. The molecule has 0 spiro atoms. The van der Waals surface area contributed by atoms with Gasteiger partial charge in [-0.3, -0.25) is 0 Å². The summed E-state index contributed by atoms with van der Waals surface area (Å²) in [7, 11) is -2.97. The highest BCUT2D eigenvalue weighted by atomic mass is 28.3. The average Bonchev–Trinajstić information content (AvgIpc) is 2.24. The molecule has 0 aliphatic rings. The molecule has 0 aromatic heterocycles. The molecule has 0 saturated heterocycles. The summed E-state index contributed by atoms with van der Waals surface area (Å²) in [6, 6.07) is 4.24. The Morgan fingerprint density at radius 3 is 1.72 bits per heavy atom. The van der Waals surface area contributed by atoms with Gasteiger partial charge in [-0.2, -0.15) is 0 Å². The Morgan fingerprint density at radius 2 is 1.39 bits per heavy atom. The Bertz CT molecular complexity index is 541. The first-order chi connectivity index (χ1) is 8.12. The van der Waals surface area contributed by atoms with E-state index >= 15 is 0 Å². The molecule has 1 aromatic rings. The van der Waals surface area contributed by atoms with Crippen molar-refractivity contribution >= 4 is 26.5 Å². The Labute approximate surface area is 114 Å². The van der Waals surface area contributed by atoms with E-state index in [1.807, 2.05) is 0 Å². The molecule has 0 aliphatic heterocycles. The maximum Gasteiger partial charge on any atom is 0.0808 e. The highest BCUT2D eigenvalue weighted by molar-refractivity contribution is 6.92. The van der Waals surface area contributed by atoms with Crippen LogP contribution in [0.4, 0.5) is 0 Å². The molecule has 0 heterocycles. The standard InChI is InChI=1S/C16H22Si2/c1-9-13-11-12-15(17(3,4)5)14(10-2)16(13)18(6,7)8/h1-2,11-12H,3-8H3. The lowest BCUT2D eigenvalue weighted by atomic mass is 10.1. The van der Waals surface area contributed by atoms with Gasteiger partial charge in [0.1, 0.15) is 0 Å². The minimum absolute atomic E-state index is 0.990. The first-order valence-corrected chi connectivity index (χ1v) is 13.2. The molecule has 18 heavy (non-hydrogen) atoms. The van der Waals surface area contributed by atoms with Crippen LogP contribution in [0.3, 0.4) is 0 Å². The predicted octanol–water partition coefficient (Wildman–Crippen LogP) is 2.74. The summed E-state index contributed by atoms with van der Waals surface area (Å²) >= 11 is 0. The van der Waals surface area contributed by atoms with Crippen molar-refractivity contribution in [2.75, 3.05) is 0 Å². The van der Waals surface area contributed by atoms with Crippen molar-refractivity contribution in [2.45, 2.75) is 39.3 Å². The third kappa shape index (κ3) is 2.78. The van der Waals surface area contributed by atoms with E-state index in [-0.39, 0.29) is 0 Å². The fraction of sp³-hybridized carbons (Fsp3) is 0.375. The van der Waals surface area contributed by atoms with Crippen molar-refractivity contribution in [1.82, 2.24) is 0 Å². The van der Waals surface area contributed by atoms with Gasteiger partial charge < -0.3 is 0 Å². The van der Waals surface area contributed by atoms with Gasteiger partial charge >= 0.3 is 0 Å². The summed E-state index contributed by atoms with van der Waals surface area (Å²) in [5.74, 6) is 5.74. The summed E-state index contributed by atoms with van der Waals surface area (Å²) < 4.78 is 0. The Kier molecular flexibility index (Phi) is 3.96. The fourth-order valence-corrected chi connectivity index (χ4v) is 5.85. The lowest BCUT2D eigenvalue weighted by Crippen LogP contribution is -2.49. The number of rotatable bonds is 2. The molecule has 0 radical (unpaired) electrons. The molecule has 2 heteroatoms. The van der Waals surface area contributed by atoms with Gasteiger partial charge in [-0.05, 0) is 16.4 Å². The largest absolute Gasteiger partial charge is 0.115 e. The van der Waals surface area contributed by atoms with E-state index < -0.39 is 16.1 Å². The monoisotopic (exact) mass is 270 g/mol. The van der Waals surface area contributed by atoms with Crippen LogP contribution in [0.1, 0.15) is 11.1 Å². The van der Waals surface area contributed by atoms with Gasteiger partial charge in [-0.1, -0.05) is 57.2 Å². The molecule has 0 amide bonds. The second kappa shape index (κ2) is 4.80. The van der Waals surface area contributed by atoms with Crippen LogP contribution in [0.5, 0.6) is 0 Å². The van der Waals surface area contributed by atoms with E-state index in [2.05, 4.69) is 63.3 Å². The maximum absolute atomic E-state index is 5.79. The van der Waals surface area contributed by atoms with E-state index in [0.29, 0.717) is 0 Å². The third-order valence-corrected chi connectivity index (χ3v) is 7.12. The lowest BCUT2D eigenvalue weighted by molar-refractivity contribution is 1.60. The molecule has 0 atom stereocenters. The van der Waals surface area contributed by atoms with Crippen LogP contribution < -0.4 is 10.4 Å². The molecular weight excluding hydrogens is 248 g/mol. The van der Waals surface area contributed by atoms with Gasteiger partial charge in [0.2, 0.25) is 0 Å². The van der Waals surface area contributed by atoms with Crippen molar-refractivity contribution in [3.63, 3.8) is 0 Å². The van der Waals surface area contributed by atoms with Crippen LogP contribution in [0.15, 0.2) is 12.1 Å². The van der Waals surface area contributed by atoms with E-state index in [4.69, 9.17) is 12.8 Å². The van der Waals surface area contributed by atoms with E-state index in [9.17, 15) is 0 Å². The van der Waals surface area contributed by atoms with Crippen molar-refractivity contribution < 1.29 is 0 Å². The topological polar surface area (TPSA) is 0 Å². The van der Waals surface area contributed by atoms with Crippen LogP contribution >= 0.6 is 0 Å². The highest BCUT2D eigenvalue weighted by Crippen LogP contribution is 2.13. The summed E-state index contributed by atoms with van der Waals surface area (Å²) in [6.45, 7) is 13.9. The molecule has 1 rings (SSSR count). The Morgan fingerprint density at radius 1 is 0.833 bits per heavy atom. The summed E-state index contributed by atoms with van der Waals surface area (Å²) in [4.78, 5) is 0. The van der Waals surface area contributed by atoms with Gasteiger partial charge in [-0.25, -0.2) is 0 Å². The van der Waals surface area contributed by atoms with Crippen molar-refractivity contribution in [3.8, 4) is 24.7 Å². The SMILES string of the molecule is C#Cc1ccc([Si](C)(C)C)c(C#C)c1[Si](C)(C)C. The van der Waals surface area contributed by atoms with Gasteiger partial charge in [0.05, 0.1) is 16.1 Å². The summed E-state index contributed by atoms with van der Waals surface area (Å²) in [6.07, 6.45) is 11.4. The summed E-state index contributed by atoms with van der Waals surface area (Å²) in [5, 5.41) is 2.65. The van der Waals surface area contributed by atoms with E-state index in [0.717, 1.165) is 11.1 Å². The van der Waals surface area contributed by atoms with Crippen molar-refractivity contribution in [3.05, 3.63) is 23.3 Å². The number of benzene rings is 1. The van der Waals surface area contributed by atoms with Gasteiger partial charge in [-0.15, -0.1) is 12.8 Å². The lowest BCUT2D eigenvalue weighted by Gasteiger charge is -2.27. The normalized spacial score (nSPS) is 11.8. The zero-order chi connectivity index (χ0) is 14.1. The van der Waals surface area contributed by atoms with Crippen LogP contribution in [0.2, 0.25) is 39.3 Å². The number of hydrogen-bond acceptors (Lipinski definition) is 0. The summed E-state index contributed by atoms with van der Waals surface area (Å²) in [5.41, 5.74) is 2.08. The number of hydrogen-bond donors (Lipinski definition) is 0. The molecule has 94 valence electrons. The zero-order valence-electron chi connectivity index (χ0n) is 12.3. The quantitative estimate of drug-likeness (QED) is 0.573. The maximum atomic E-state index is 5.79. The smallest absolute Gasteiger partial charge is 0.0808 e. The molecule has 0 bridgehead atoms. The zero-order valence-corrected chi connectivity index (χ0v) is 14.3. The fourth-order valence-electron chi connectivity index (χ4n) is 2.28. The predicted molar refractivity (Wildman–Crippen MR) is 88.3 cm³/mol. The molecule has 0 saturated carbocycles. The molecule has 0 aliphatic carbocycles. The molecular formula is C16H22Si2. The Balaban J connectivity index is 3.78. The molecule has 0 fully saturated rings. The third-order valence-electron chi connectivity index (χ3n) is 3.06. The van der Waals surface area contributed by atoms with E-state index in [1.165, 1.54) is 10.4 Å². The van der Waals surface area contributed by atoms with Gasteiger partial charge in [0.15, 0.2) is 0 Å². The van der Waals surface area contributed by atoms with Crippen LogP contribution in [-0.4, -0.2) is 16.1 Å². The highest BCUT2D eigenvalue weighted by Gasteiger charge is 2.28. The first kappa shape index (κ1) is 14.8. The van der Waals surface area contributed by atoms with Gasteiger partial charge in [0.25, 0.3) is 0 Å². The second-order valence-electron chi connectivity index (χ2n) is 6.70. The van der Waals surface area contributed by atoms with Crippen molar-refractivity contribution in [1.29, 1.82) is 0 Å². The second-order valence-corrected chi connectivity index (χ2v) is 16.7. The van der Waals surface area contributed by atoms with Crippen molar-refractivity contribution in [2.24, 2.45) is 0 Å². The average molecular weight is 271 g/mol. The van der Waals surface area contributed by atoms with Crippen LogP contribution in [0.25, 0.3) is 0 Å². The van der Waals surface area contributed by atoms with Crippen LogP contribution in [0, 0.1) is 24.7 Å². The molecule has 0 unspecified atom stereocenters. The number of terminal acetylenes is 2. The first-order valence-electron chi connectivity index (χ1n) is 6.24.